The molecule has 2 saturated carbocycles. The lowest BCUT2D eigenvalue weighted by molar-refractivity contribution is 0.427. The SMILES string of the molecule is C=C(CC(C)(C)C)c1ccc(NCc2cc(C3CC3)cc(C3CC3)c2)c(CCCC)c1. The van der Waals surface area contributed by atoms with E-state index in [2.05, 4.69) is 76.0 Å². The Kier molecular flexibility index (Phi) is 6.60. The van der Waals surface area contributed by atoms with E-state index >= 15 is 0 Å². The average molecular weight is 416 g/mol. The molecule has 1 nitrogen and oxygen atoms in total. The van der Waals surface area contributed by atoms with Crippen LogP contribution in [0.2, 0.25) is 0 Å². The number of hydrogen-bond acceptors (Lipinski definition) is 1. The molecular formula is C30H41N. The minimum Gasteiger partial charge on any atom is -0.381 e. The van der Waals surface area contributed by atoms with Crippen LogP contribution in [0.4, 0.5) is 5.69 Å². The van der Waals surface area contributed by atoms with Crippen LogP contribution < -0.4 is 5.32 Å². The molecule has 0 aliphatic heterocycles. The maximum Gasteiger partial charge on any atom is 0.0401 e. The van der Waals surface area contributed by atoms with Gasteiger partial charge in [-0.05, 0) is 108 Å². The third kappa shape index (κ3) is 6.25. The zero-order chi connectivity index (χ0) is 22.0. The highest BCUT2D eigenvalue weighted by Crippen LogP contribution is 2.45. The Hall–Kier alpha value is -2.02. The first kappa shape index (κ1) is 22.2. The van der Waals surface area contributed by atoms with Gasteiger partial charge in [-0.1, -0.05) is 65.0 Å². The van der Waals surface area contributed by atoms with E-state index in [1.54, 1.807) is 11.1 Å². The topological polar surface area (TPSA) is 12.0 Å². The molecule has 1 N–H and O–H groups in total. The fourth-order valence-corrected chi connectivity index (χ4v) is 4.65. The molecule has 0 unspecified atom stereocenters. The number of nitrogens with one attached hydrogen (secondary N) is 1. The lowest BCUT2D eigenvalue weighted by atomic mass is 9.85. The summed E-state index contributed by atoms with van der Waals surface area (Å²) in [5.74, 6) is 1.65. The van der Waals surface area contributed by atoms with Gasteiger partial charge in [0.2, 0.25) is 0 Å². The van der Waals surface area contributed by atoms with Crippen molar-refractivity contribution in [1.29, 1.82) is 0 Å². The zero-order valence-electron chi connectivity index (χ0n) is 20.2. The predicted octanol–water partition coefficient (Wildman–Crippen LogP) is 8.85. The van der Waals surface area contributed by atoms with Gasteiger partial charge in [-0.2, -0.15) is 0 Å². The number of aryl methyl sites for hydroxylation is 1. The van der Waals surface area contributed by atoms with Gasteiger partial charge in [-0.3, -0.25) is 0 Å². The smallest absolute Gasteiger partial charge is 0.0401 e. The van der Waals surface area contributed by atoms with Gasteiger partial charge >= 0.3 is 0 Å². The van der Waals surface area contributed by atoms with Crippen LogP contribution in [-0.2, 0) is 13.0 Å². The highest BCUT2D eigenvalue weighted by molar-refractivity contribution is 5.68. The van der Waals surface area contributed by atoms with E-state index in [1.807, 2.05) is 0 Å². The molecule has 2 aliphatic rings. The number of allylic oxidation sites excluding steroid dienone is 1. The number of anilines is 1. The third-order valence-electron chi connectivity index (χ3n) is 6.67. The summed E-state index contributed by atoms with van der Waals surface area (Å²) in [5, 5.41) is 3.80. The quantitative estimate of drug-likeness (QED) is 0.408. The van der Waals surface area contributed by atoms with Crippen LogP contribution in [0.1, 0.15) is 112 Å². The fourth-order valence-electron chi connectivity index (χ4n) is 4.65. The highest BCUT2D eigenvalue weighted by Gasteiger charge is 2.28. The molecule has 0 amide bonds. The number of hydrogen-bond donors (Lipinski definition) is 1. The third-order valence-corrected chi connectivity index (χ3v) is 6.67. The molecule has 2 fully saturated rings. The molecule has 0 spiro atoms. The summed E-state index contributed by atoms with van der Waals surface area (Å²) in [6.45, 7) is 14.5. The highest BCUT2D eigenvalue weighted by atomic mass is 14.9. The van der Waals surface area contributed by atoms with Crippen molar-refractivity contribution in [3.05, 3.63) is 70.8 Å². The average Bonchev–Trinajstić information content (AvgIpc) is 3.62. The normalized spacial score (nSPS) is 16.4. The van der Waals surface area contributed by atoms with Crippen LogP contribution in [0, 0.1) is 5.41 Å². The first-order valence-corrected chi connectivity index (χ1v) is 12.5. The maximum atomic E-state index is 4.40. The largest absolute Gasteiger partial charge is 0.381 e. The molecule has 0 heterocycles. The second-order valence-corrected chi connectivity index (χ2v) is 11.2. The van der Waals surface area contributed by atoms with E-state index in [9.17, 15) is 0 Å². The van der Waals surface area contributed by atoms with Gasteiger partial charge in [-0.15, -0.1) is 0 Å². The van der Waals surface area contributed by atoms with Gasteiger partial charge in [0.1, 0.15) is 0 Å². The Morgan fingerprint density at radius 1 is 0.968 bits per heavy atom. The van der Waals surface area contributed by atoms with Crippen molar-refractivity contribution in [3.63, 3.8) is 0 Å². The maximum absolute atomic E-state index is 4.40. The lowest BCUT2D eigenvalue weighted by Gasteiger charge is -2.21. The molecule has 0 saturated heterocycles. The van der Waals surface area contributed by atoms with Crippen molar-refractivity contribution < 1.29 is 0 Å². The second-order valence-electron chi connectivity index (χ2n) is 11.2. The minimum absolute atomic E-state index is 0.267. The van der Waals surface area contributed by atoms with Crippen molar-refractivity contribution in [2.75, 3.05) is 5.32 Å². The number of unbranched alkanes of at least 4 members (excludes halogenated alkanes) is 1. The van der Waals surface area contributed by atoms with Gasteiger partial charge in [0.15, 0.2) is 0 Å². The molecule has 2 aliphatic carbocycles. The molecule has 0 atom stereocenters. The van der Waals surface area contributed by atoms with Gasteiger partial charge in [0, 0.05) is 12.2 Å². The van der Waals surface area contributed by atoms with Crippen LogP contribution in [0.15, 0.2) is 43.0 Å². The zero-order valence-corrected chi connectivity index (χ0v) is 20.2. The summed E-state index contributed by atoms with van der Waals surface area (Å²) in [4.78, 5) is 0. The van der Waals surface area contributed by atoms with E-state index in [4.69, 9.17) is 0 Å². The fraction of sp³-hybridized carbons (Fsp3) is 0.533. The molecule has 0 radical (unpaired) electrons. The predicted molar refractivity (Wildman–Crippen MR) is 136 cm³/mol. The van der Waals surface area contributed by atoms with Crippen LogP contribution >= 0.6 is 0 Å². The Labute approximate surface area is 190 Å². The summed E-state index contributed by atoms with van der Waals surface area (Å²) in [5.41, 5.74) is 10.2. The molecule has 0 bridgehead atoms. The second kappa shape index (κ2) is 9.23. The van der Waals surface area contributed by atoms with Crippen LogP contribution in [0.5, 0.6) is 0 Å². The number of rotatable bonds is 10. The summed E-state index contributed by atoms with van der Waals surface area (Å²) in [6.07, 6.45) is 10.1. The van der Waals surface area contributed by atoms with Crippen molar-refractivity contribution >= 4 is 11.3 Å². The molecule has 31 heavy (non-hydrogen) atoms. The molecule has 1 heteroatoms. The minimum atomic E-state index is 0.267. The van der Waals surface area contributed by atoms with Crippen molar-refractivity contribution in [2.45, 2.75) is 97.4 Å². The molecule has 2 aromatic carbocycles. The Balaban J connectivity index is 1.51. The van der Waals surface area contributed by atoms with E-state index in [-0.39, 0.29) is 5.41 Å². The summed E-state index contributed by atoms with van der Waals surface area (Å²) in [6, 6.07) is 14.4. The molecule has 166 valence electrons. The molecule has 2 aromatic rings. The summed E-state index contributed by atoms with van der Waals surface area (Å²) in [7, 11) is 0. The van der Waals surface area contributed by atoms with Gasteiger partial charge < -0.3 is 5.32 Å². The molecular weight excluding hydrogens is 374 g/mol. The van der Waals surface area contributed by atoms with Crippen LogP contribution in [-0.4, -0.2) is 0 Å². The Bertz CT molecular complexity index is 892. The van der Waals surface area contributed by atoms with Crippen LogP contribution in [0.25, 0.3) is 5.57 Å². The monoisotopic (exact) mass is 415 g/mol. The number of benzene rings is 2. The first-order chi connectivity index (χ1) is 14.8. The van der Waals surface area contributed by atoms with Gasteiger partial charge in [0.25, 0.3) is 0 Å². The van der Waals surface area contributed by atoms with Gasteiger partial charge in [-0.25, -0.2) is 0 Å². The summed E-state index contributed by atoms with van der Waals surface area (Å²) >= 11 is 0. The van der Waals surface area contributed by atoms with E-state index in [0.717, 1.165) is 31.2 Å². The van der Waals surface area contributed by atoms with E-state index in [0.29, 0.717) is 0 Å². The standard InChI is InChI=1S/C30H41N/c1-6-7-8-26-17-25(21(2)19-30(3,4)5)13-14-29(26)31-20-22-15-27(23-9-10-23)18-28(16-22)24-11-12-24/h13-18,23-24,31H,2,6-12,19-20H2,1,3-5H3. The van der Waals surface area contributed by atoms with Crippen molar-refractivity contribution in [1.82, 2.24) is 0 Å². The van der Waals surface area contributed by atoms with Crippen molar-refractivity contribution in [2.24, 2.45) is 5.41 Å². The first-order valence-electron chi connectivity index (χ1n) is 12.5. The Morgan fingerprint density at radius 2 is 1.61 bits per heavy atom. The summed E-state index contributed by atoms with van der Waals surface area (Å²) < 4.78 is 0. The lowest BCUT2D eigenvalue weighted by Crippen LogP contribution is -2.07. The molecule has 0 aromatic heterocycles. The van der Waals surface area contributed by atoms with E-state index in [1.165, 1.54) is 66.5 Å². The van der Waals surface area contributed by atoms with E-state index < -0.39 is 0 Å². The molecule has 4 rings (SSSR count). The van der Waals surface area contributed by atoms with Crippen molar-refractivity contribution in [3.8, 4) is 0 Å². The van der Waals surface area contributed by atoms with Crippen LogP contribution in [0.3, 0.4) is 0 Å². The van der Waals surface area contributed by atoms with Gasteiger partial charge in [0.05, 0.1) is 0 Å². The Morgan fingerprint density at radius 3 is 2.16 bits per heavy atom.